The molecule has 0 bridgehead atoms. The number of carbonyl (C=O) groups excluding carboxylic acids is 1. The molecule has 1 heterocycles. The lowest BCUT2D eigenvalue weighted by molar-refractivity contribution is 0.0688. The Bertz CT molecular complexity index is 445. The number of carbonyl (C=O) groups is 1. The molecule has 2 rings (SSSR count). The van der Waals surface area contributed by atoms with Gasteiger partial charge in [0.2, 0.25) is 0 Å². The molecular formula is C15H19FO2. The van der Waals surface area contributed by atoms with E-state index in [4.69, 9.17) is 4.74 Å². The van der Waals surface area contributed by atoms with Crippen molar-refractivity contribution >= 4 is 5.78 Å². The van der Waals surface area contributed by atoms with Crippen LogP contribution < -0.4 is 0 Å². The lowest BCUT2D eigenvalue weighted by Crippen LogP contribution is -2.25. The zero-order valence-electron chi connectivity index (χ0n) is 11.1. The Morgan fingerprint density at radius 3 is 2.56 bits per heavy atom. The Balaban J connectivity index is 2.34. The van der Waals surface area contributed by atoms with Crippen LogP contribution in [0, 0.1) is 25.6 Å². The first-order chi connectivity index (χ1) is 8.54. The summed E-state index contributed by atoms with van der Waals surface area (Å²) in [5.74, 6) is -0.247. The van der Waals surface area contributed by atoms with Crippen molar-refractivity contribution in [2.75, 3.05) is 6.61 Å². The van der Waals surface area contributed by atoms with Gasteiger partial charge in [0.1, 0.15) is 5.82 Å². The number of hydrogen-bond acceptors (Lipinski definition) is 2. The molecule has 1 aliphatic rings. The van der Waals surface area contributed by atoms with E-state index < -0.39 is 0 Å². The molecule has 0 amide bonds. The van der Waals surface area contributed by atoms with Gasteiger partial charge in [-0.05, 0) is 49.9 Å². The van der Waals surface area contributed by atoms with Crippen molar-refractivity contribution in [2.24, 2.45) is 5.92 Å². The summed E-state index contributed by atoms with van der Waals surface area (Å²) in [6.45, 7) is 6.26. The minimum atomic E-state index is -0.281. The fraction of sp³-hybridized carbons (Fsp3) is 0.533. The van der Waals surface area contributed by atoms with Crippen LogP contribution in [-0.4, -0.2) is 18.5 Å². The van der Waals surface area contributed by atoms with Crippen LogP contribution in [0.25, 0.3) is 0 Å². The van der Waals surface area contributed by atoms with E-state index in [-0.39, 0.29) is 23.6 Å². The molecule has 18 heavy (non-hydrogen) atoms. The highest BCUT2D eigenvalue weighted by atomic mass is 19.1. The zero-order valence-corrected chi connectivity index (χ0v) is 11.1. The van der Waals surface area contributed by atoms with Crippen LogP contribution in [0.5, 0.6) is 0 Å². The van der Waals surface area contributed by atoms with Crippen LogP contribution in [-0.2, 0) is 4.74 Å². The molecule has 1 aliphatic heterocycles. The molecule has 1 fully saturated rings. The molecule has 1 saturated heterocycles. The smallest absolute Gasteiger partial charge is 0.169 e. The third-order valence-electron chi connectivity index (χ3n) is 3.69. The van der Waals surface area contributed by atoms with Crippen molar-refractivity contribution in [1.82, 2.24) is 0 Å². The summed E-state index contributed by atoms with van der Waals surface area (Å²) in [5.41, 5.74) is 2.11. The summed E-state index contributed by atoms with van der Waals surface area (Å²) in [5, 5.41) is 0. The summed E-state index contributed by atoms with van der Waals surface area (Å²) in [6.07, 6.45) is 1.63. The van der Waals surface area contributed by atoms with Crippen molar-refractivity contribution in [3.05, 3.63) is 34.6 Å². The minimum Gasteiger partial charge on any atom is -0.377 e. The third-order valence-corrected chi connectivity index (χ3v) is 3.69. The van der Waals surface area contributed by atoms with Crippen LogP contribution in [0.4, 0.5) is 4.39 Å². The van der Waals surface area contributed by atoms with Crippen LogP contribution in [0.2, 0.25) is 0 Å². The number of halogens is 1. The second kappa shape index (κ2) is 5.19. The van der Waals surface area contributed by atoms with Crippen LogP contribution >= 0.6 is 0 Å². The normalized spacial score (nSPS) is 23.3. The lowest BCUT2D eigenvalue weighted by Gasteiger charge is -2.18. The van der Waals surface area contributed by atoms with Gasteiger partial charge in [0.05, 0.1) is 12.0 Å². The molecule has 0 N–H and O–H groups in total. The Morgan fingerprint density at radius 1 is 1.39 bits per heavy atom. The molecule has 1 aromatic rings. The predicted octanol–water partition coefficient (Wildman–Crippen LogP) is 3.44. The first-order valence-corrected chi connectivity index (χ1v) is 6.47. The second-order valence-electron chi connectivity index (χ2n) is 4.99. The van der Waals surface area contributed by atoms with Gasteiger partial charge in [-0.2, -0.15) is 0 Å². The minimum absolute atomic E-state index is 0.0151. The topological polar surface area (TPSA) is 26.3 Å². The third kappa shape index (κ3) is 2.32. The van der Waals surface area contributed by atoms with Crippen LogP contribution in [0.15, 0.2) is 12.1 Å². The van der Waals surface area contributed by atoms with E-state index in [1.807, 2.05) is 6.92 Å². The van der Waals surface area contributed by atoms with E-state index in [1.54, 1.807) is 13.8 Å². The van der Waals surface area contributed by atoms with Gasteiger partial charge in [-0.25, -0.2) is 4.39 Å². The molecule has 0 aliphatic carbocycles. The molecule has 3 heteroatoms. The van der Waals surface area contributed by atoms with Crippen molar-refractivity contribution < 1.29 is 13.9 Å². The molecular weight excluding hydrogens is 231 g/mol. The number of ketones is 1. The first-order valence-electron chi connectivity index (χ1n) is 6.47. The Hall–Kier alpha value is -1.22. The van der Waals surface area contributed by atoms with Gasteiger partial charge >= 0.3 is 0 Å². The molecule has 0 radical (unpaired) electrons. The van der Waals surface area contributed by atoms with E-state index in [1.165, 1.54) is 12.1 Å². The van der Waals surface area contributed by atoms with Gasteiger partial charge in [0.15, 0.2) is 5.78 Å². The summed E-state index contributed by atoms with van der Waals surface area (Å²) in [7, 11) is 0. The van der Waals surface area contributed by atoms with Crippen LogP contribution in [0.3, 0.4) is 0 Å². The SMILES string of the molecule is CCC1OCCC1C(=O)c1c(C)cc(F)cc1C. The summed E-state index contributed by atoms with van der Waals surface area (Å²) in [6, 6.07) is 2.86. The van der Waals surface area contributed by atoms with Gasteiger partial charge < -0.3 is 4.74 Å². The maximum atomic E-state index is 13.3. The van der Waals surface area contributed by atoms with Crippen molar-refractivity contribution in [2.45, 2.75) is 39.7 Å². The summed E-state index contributed by atoms with van der Waals surface area (Å²) in [4.78, 5) is 12.6. The quantitative estimate of drug-likeness (QED) is 0.768. The van der Waals surface area contributed by atoms with Crippen molar-refractivity contribution in [3.8, 4) is 0 Å². The monoisotopic (exact) mass is 250 g/mol. The molecule has 0 aromatic heterocycles. The standard InChI is InChI=1S/C15H19FO2/c1-4-13-12(5-6-18-13)15(17)14-9(2)7-11(16)8-10(14)3/h7-8,12-13H,4-6H2,1-3H3. The number of aryl methyl sites for hydroxylation is 2. The molecule has 98 valence electrons. The second-order valence-corrected chi connectivity index (χ2v) is 4.99. The summed E-state index contributed by atoms with van der Waals surface area (Å²) >= 11 is 0. The van der Waals surface area contributed by atoms with Gasteiger partial charge in [0.25, 0.3) is 0 Å². The van der Waals surface area contributed by atoms with E-state index in [2.05, 4.69) is 0 Å². The Labute approximate surface area is 107 Å². The Morgan fingerprint density at radius 2 is 2.00 bits per heavy atom. The molecule has 2 atom stereocenters. The van der Waals surface area contributed by atoms with E-state index in [0.717, 1.165) is 24.0 Å². The van der Waals surface area contributed by atoms with Gasteiger partial charge in [-0.15, -0.1) is 0 Å². The number of rotatable bonds is 3. The number of hydrogen-bond donors (Lipinski definition) is 0. The first kappa shape index (κ1) is 13.2. The number of benzene rings is 1. The van der Waals surface area contributed by atoms with Crippen molar-refractivity contribution in [3.63, 3.8) is 0 Å². The van der Waals surface area contributed by atoms with Gasteiger partial charge in [-0.1, -0.05) is 6.92 Å². The van der Waals surface area contributed by atoms with Gasteiger partial charge in [-0.3, -0.25) is 4.79 Å². The maximum Gasteiger partial charge on any atom is 0.169 e. The number of Topliss-reactive ketones (excluding diaryl/α,β-unsaturated/α-hetero) is 1. The predicted molar refractivity (Wildman–Crippen MR) is 68.3 cm³/mol. The molecule has 2 nitrogen and oxygen atoms in total. The lowest BCUT2D eigenvalue weighted by atomic mass is 9.86. The largest absolute Gasteiger partial charge is 0.377 e. The maximum absolute atomic E-state index is 13.3. The molecule has 0 saturated carbocycles. The zero-order chi connectivity index (χ0) is 13.3. The fourth-order valence-corrected chi connectivity index (χ4v) is 2.84. The molecule has 0 spiro atoms. The fourth-order valence-electron chi connectivity index (χ4n) is 2.84. The average molecular weight is 250 g/mol. The van der Waals surface area contributed by atoms with Crippen LogP contribution in [0.1, 0.15) is 41.3 Å². The van der Waals surface area contributed by atoms with E-state index in [9.17, 15) is 9.18 Å². The average Bonchev–Trinajstić information content (AvgIpc) is 2.75. The molecule has 2 unspecified atom stereocenters. The highest BCUT2D eigenvalue weighted by molar-refractivity contribution is 6.00. The molecule has 1 aromatic carbocycles. The Kier molecular flexibility index (Phi) is 3.81. The van der Waals surface area contributed by atoms with E-state index in [0.29, 0.717) is 12.2 Å². The highest BCUT2D eigenvalue weighted by Crippen LogP contribution is 2.29. The van der Waals surface area contributed by atoms with E-state index >= 15 is 0 Å². The van der Waals surface area contributed by atoms with Gasteiger partial charge in [0, 0.05) is 12.2 Å². The summed E-state index contributed by atoms with van der Waals surface area (Å²) < 4.78 is 18.8. The highest BCUT2D eigenvalue weighted by Gasteiger charge is 2.34. The van der Waals surface area contributed by atoms with Crippen molar-refractivity contribution in [1.29, 1.82) is 0 Å². The number of ether oxygens (including phenoxy) is 1.